The quantitative estimate of drug-likeness (QED) is 0.380. The molecule has 2 aromatic heterocycles. The van der Waals surface area contributed by atoms with Gasteiger partial charge in [0.1, 0.15) is 17.9 Å². The van der Waals surface area contributed by atoms with Gasteiger partial charge in [0, 0.05) is 25.4 Å². The molecule has 4 rings (SSSR count). The van der Waals surface area contributed by atoms with Crippen molar-refractivity contribution in [3.05, 3.63) is 48.5 Å². The minimum atomic E-state index is -1.10. The average Bonchev–Trinajstić information content (AvgIpc) is 3.33. The molecule has 1 fully saturated rings. The van der Waals surface area contributed by atoms with Crippen LogP contribution in [-0.2, 0) is 16.1 Å². The molecule has 33 heavy (non-hydrogen) atoms. The number of aromatic nitrogens is 4. The molecule has 1 amide bonds. The van der Waals surface area contributed by atoms with Crippen LogP contribution in [-0.4, -0.2) is 70.4 Å². The second-order valence-electron chi connectivity index (χ2n) is 8.28. The molecule has 4 atom stereocenters. The van der Waals surface area contributed by atoms with Gasteiger partial charge in [0.15, 0.2) is 11.5 Å². The third kappa shape index (κ3) is 4.78. The van der Waals surface area contributed by atoms with Gasteiger partial charge in [-0.05, 0) is 12.0 Å². The summed E-state index contributed by atoms with van der Waals surface area (Å²) >= 11 is 0. The first-order valence-electron chi connectivity index (χ1n) is 10.7. The largest absolute Gasteiger partial charge is 0.481 e. The number of anilines is 1. The van der Waals surface area contributed by atoms with Crippen LogP contribution in [0.1, 0.15) is 30.9 Å². The summed E-state index contributed by atoms with van der Waals surface area (Å²) in [5.41, 5.74) is 7.60. The number of benzene rings is 1. The van der Waals surface area contributed by atoms with Crippen LogP contribution in [0.5, 0.6) is 0 Å². The van der Waals surface area contributed by atoms with E-state index in [0.29, 0.717) is 11.2 Å². The lowest BCUT2D eigenvalue weighted by Gasteiger charge is -2.30. The van der Waals surface area contributed by atoms with E-state index in [9.17, 15) is 19.8 Å². The van der Waals surface area contributed by atoms with Crippen molar-refractivity contribution in [3.63, 3.8) is 0 Å². The van der Waals surface area contributed by atoms with Crippen molar-refractivity contribution in [1.82, 2.24) is 24.4 Å². The number of nitrogens with two attached hydrogens (primary N) is 1. The molecule has 5 N–H and O–H groups in total. The van der Waals surface area contributed by atoms with Crippen molar-refractivity contribution in [2.24, 2.45) is 5.92 Å². The zero-order chi connectivity index (χ0) is 23.5. The van der Waals surface area contributed by atoms with E-state index < -0.39 is 24.2 Å². The van der Waals surface area contributed by atoms with Crippen molar-refractivity contribution in [1.29, 1.82) is 0 Å². The lowest BCUT2D eigenvalue weighted by molar-refractivity contribution is -0.141. The SMILES string of the molecule is Nc1ncnc2c1ncn2[C@H]1[C@H](CN(Cc2ccccc2)C(=O)CCC(=O)O)C[C@H](O)[C@@H]1O. The highest BCUT2D eigenvalue weighted by Crippen LogP contribution is 2.39. The summed E-state index contributed by atoms with van der Waals surface area (Å²) in [7, 11) is 0. The number of carboxylic acids is 1. The summed E-state index contributed by atoms with van der Waals surface area (Å²) < 4.78 is 1.67. The normalized spacial score (nSPS) is 22.5. The maximum absolute atomic E-state index is 12.9. The summed E-state index contributed by atoms with van der Waals surface area (Å²) in [6.07, 6.45) is 0.556. The molecule has 1 aromatic carbocycles. The Morgan fingerprint density at radius 2 is 1.88 bits per heavy atom. The Hall–Kier alpha value is -3.57. The van der Waals surface area contributed by atoms with E-state index in [1.807, 2.05) is 30.3 Å². The number of fused-ring (bicyclic) bond motifs is 1. The molecule has 3 aromatic rings. The molecule has 1 aliphatic rings. The van der Waals surface area contributed by atoms with Crippen molar-refractivity contribution < 1.29 is 24.9 Å². The molecule has 0 saturated heterocycles. The van der Waals surface area contributed by atoms with Crippen molar-refractivity contribution in [2.75, 3.05) is 12.3 Å². The molecule has 1 aliphatic carbocycles. The molecule has 174 valence electrons. The smallest absolute Gasteiger partial charge is 0.303 e. The van der Waals surface area contributed by atoms with E-state index in [1.54, 1.807) is 9.47 Å². The highest BCUT2D eigenvalue weighted by molar-refractivity contribution is 5.81. The Morgan fingerprint density at radius 1 is 1.12 bits per heavy atom. The molecule has 0 bridgehead atoms. The van der Waals surface area contributed by atoms with E-state index in [4.69, 9.17) is 10.8 Å². The highest BCUT2D eigenvalue weighted by Gasteiger charge is 2.44. The van der Waals surface area contributed by atoms with E-state index in [2.05, 4.69) is 15.0 Å². The zero-order valence-electron chi connectivity index (χ0n) is 17.9. The summed E-state index contributed by atoms with van der Waals surface area (Å²) in [5, 5.41) is 30.3. The molecule has 1 saturated carbocycles. The minimum Gasteiger partial charge on any atom is -0.481 e. The lowest BCUT2D eigenvalue weighted by Crippen LogP contribution is -2.38. The number of carbonyl (C=O) groups excluding carboxylic acids is 1. The highest BCUT2D eigenvalue weighted by atomic mass is 16.4. The van der Waals surface area contributed by atoms with Crippen LogP contribution in [0.3, 0.4) is 0 Å². The Kier molecular flexibility index (Phi) is 6.52. The Morgan fingerprint density at radius 3 is 2.61 bits per heavy atom. The van der Waals surface area contributed by atoms with Crippen LogP contribution in [0.25, 0.3) is 11.2 Å². The summed E-state index contributed by atoms with van der Waals surface area (Å²) in [4.78, 5) is 38.0. The Balaban J connectivity index is 1.63. The van der Waals surface area contributed by atoms with Gasteiger partial charge < -0.3 is 30.5 Å². The number of carboxylic acid groups (broad SMARTS) is 1. The van der Waals surface area contributed by atoms with Gasteiger partial charge in [0.05, 0.1) is 24.9 Å². The van der Waals surface area contributed by atoms with Crippen molar-refractivity contribution >= 4 is 28.9 Å². The third-order valence-electron chi connectivity index (χ3n) is 6.06. The maximum atomic E-state index is 12.9. The van der Waals surface area contributed by atoms with Crippen molar-refractivity contribution in [3.8, 4) is 0 Å². The molecular weight excluding hydrogens is 428 g/mol. The third-order valence-corrected chi connectivity index (χ3v) is 6.06. The first-order valence-corrected chi connectivity index (χ1v) is 10.7. The second kappa shape index (κ2) is 9.51. The molecule has 0 aliphatic heterocycles. The van der Waals surface area contributed by atoms with E-state index in [1.165, 1.54) is 12.7 Å². The molecule has 2 heterocycles. The van der Waals surface area contributed by atoms with E-state index in [0.717, 1.165) is 5.56 Å². The Bertz CT molecular complexity index is 1140. The molecular formula is C22H26N6O5. The predicted molar refractivity (Wildman–Crippen MR) is 118 cm³/mol. The van der Waals surface area contributed by atoms with Gasteiger partial charge in [-0.2, -0.15) is 0 Å². The number of imidazole rings is 1. The number of aliphatic hydroxyl groups is 2. The zero-order valence-corrected chi connectivity index (χ0v) is 17.9. The minimum absolute atomic E-state index is 0.136. The number of aliphatic carboxylic acids is 1. The first-order chi connectivity index (χ1) is 15.8. The summed E-state index contributed by atoms with van der Waals surface area (Å²) in [6.45, 7) is 0.501. The summed E-state index contributed by atoms with van der Waals surface area (Å²) in [6, 6.07) is 8.76. The Labute approximate surface area is 189 Å². The predicted octanol–water partition coefficient (Wildman–Crippen LogP) is 0.585. The van der Waals surface area contributed by atoms with Crippen molar-refractivity contribution in [2.45, 2.75) is 44.1 Å². The molecule has 11 heteroatoms. The van der Waals surface area contributed by atoms with Gasteiger partial charge in [-0.3, -0.25) is 9.59 Å². The van der Waals surface area contributed by atoms with Crippen LogP contribution >= 0.6 is 0 Å². The number of carbonyl (C=O) groups is 2. The van der Waals surface area contributed by atoms with Gasteiger partial charge in [-0.25, -0.2) is 15.0 Å². The fourth-order valence-electron chi connectivity index (χ4n) is 4.47. The first kappa shape index (κ1) is 22.6. The van der Waals surface area contributed by atoms with Crippen LogP contribution in [0, 0.1) is 5.92 Å². The molecule has 11 nitrogen and oxygen atoms in total. The fraction of sp³-hybridized carbons (Fsp3) is 0.409. The molecule has 0 spiro atoms. The summed E-state index contributed by atoms with van der Waals surface area (Å²) in [5.74, 6) is -1.48. The number of rotatable bonds is 8. The second-order valence-corrected chi connectivity index (χ2v) is 8.28. The van der Waals surface area contributed by atoms with E-state index >= 15 is 0 Å². The number of nitrogens with zero attached hydrogens (tertiary/aromatic N) is 5. The molecule has 0 unspecified atom stereocenters. The lowest BCUT2D eigenvalue weighted by atomic mass is 10.0. The van der Waals surface area contributed by atoms with Crippen LogP contribution in [0.2, 0.25) is 0 Å². The number of hydrogen-bond donors (Lipinski definition) is 4. The van der Waals surface area contributed by atoms with Gasteiger partial charge in [0.25, 0.3) is 0 Å². The number of aliphatic hydroxyl groups excluding tert-OH is 2. The van der Waals surface area contributed by atoms with Gasteiger partial charge >= 0.3 is 5.97 Å². The molecule has 0 radical (unpaired) electrons. The number of nitrogen functional groups attached to an aromatic ring is 1. The van der Waals surface area contributed by atoms with Gasteiger partial charge in [-0.1, -0.05) is 30.3 Å². The van der Waals surface area contributed by atoms with Crippen LogP contribution in [0.15, 0.2) is 43.0 Å². The maximum Gasteiger partial charge on any atom is 0.303 e. The topological polar surface area (TPSA) is 168 Å². The van der Waals surface area contributed by atoms with Crippen LogP contribution < -0.4 is 5.73 Å². The van der Waals surface area contributed by atoms with Crippen LogP contribution in [0.4, 0.5) is 5.82 Å². The number of amides is 1. The number of hydrogen-bond acceptors (Lipinski definition) is 8. The van der Waals surface area contributed by atoms with E-state index in [-0.39, 0.29) is 50.0 Å². The standard InChI is InChI=1S/C22H26N6O5/c23-21-18-22(25-11-24-21)28(12-26-18)19-14(8-15(29)20(19)33)10-27(16(30)6-7-17(31)32)9-13-4-2-1-3-5-13/h1-5,11-12,14-15,19-20,29,33H,6-10H2,(H,31,32)(H2,23,24,25)/t14-,15-,19-,20-/m0/s1. The van der Waals surface area contributed by atoms with Gasteiger partial charge in [-0.15, -0.1) is 0 Å². The monoisotopic (exact) mass is 454 g/mol. The average molecular weight is 454 g/mol. The van der Waals surface area contributed by atoms with Gasteiger partial charge in [0.2, 0.25) is 5.91 Å². The fourth-order valence-corrected chi connectivity index (χ4v) is 4.47.